The van der Waals surface area contributed by atoms with Gasteiger partial charge in [0.1, 0.15) is 0 Å². The van der Waals surface area contributed by atoms with Gasteiger partial charge in [-0.15, -0.1) is 11.3 Å². The van der Waals surface area contributed by atoms with Gasteiger partial charge in [0.05, 0.1) is 3.79 Å². The molecule has 0 radical (unpaired) electrons. The minimum absolute atomic E-state index is 0.0994. The van der Waals surface area contributed by atoms with E-state index in [1.807, 2.05) is 0 Å². The van der Waals surface area contributed by atoms with Gasteiger partial charge in [0.15, 0.2) is 10.4 Å². The smallest absolute Gasteiger partial charge is 0.229 e. The number of thiophene rings is 1. The van der Waals surface area contributed by atoms with E-state index < -0.39 is 0 Å². The van der Waals surface area contributed by atoms with Crippen molar-refractivity contribution in [2.24, 2.45) is 0 Å². The van der Waals surface area contributed by atoms with E-state index in [0.717, 1.165) is 3.79 Å². The quantitative estimate of drug-likeness (QED) is 0.773. The lowest BCUT2D eigenvalue weighted by molar-refractivity contribution is 0.101. The van der Waals surface area contributed by atoms with Gasteiger partial charge in [-0.05, 0) is 50.1 Å². The van der Waals surface area contributed by atoms with Crippen molar-refractivity contribution in [1.29, 1.82) is 0 Å². The molecule has 72 valence electrons. The topological polar surface area (TPSA) is 30.2 Å². The molecule has 14 heavy (non-hydrogen) atoms. The number of furan rings is 1. The SMILES string of the molecule is O=C(c1csc(Br)c1)c1ccc(Br)o1. The van der Waals surface area contributed by atoms with E-state index in [9.17, 15) is 4.79 Å². The van der Waals surface area contributed by atoms with Gasteiger partial charge >= 0.3 is 0 Å². The third kappa shape index (κ3) is 1.99. The highest BCUT2D eigenvalue weighted by atomic mass is 79.9. The molecule has 0 unspecified atom stereocenters. The number of halogens is 2. The fraction of sp³-hybridized carbons (Fsp3) is 0. The van der Waals surface area contributed by atoms with Gasteiger partial charge < -0.3 is 4.42 Å². The Labute approximate surface area is 101 Å². The van der Waals surface area contributed by atoms with Crippen molar-refractivity contribution >= 4 is 49.0 Å². The second-order valence-electron chi connectivity index (χ2n) is 2.57. The molecule has 2 aromatic heterocycles. The summed E-state index contributed by atoms with van der Waals surface area (Å²) in [4.78, 5) is 11.7. The van der Waals surface area contributed by atoms with Gasteiger partial charge in [-0.1, -0.05) is 0 Å². The van der Waals surface area contributed by atoms with Crippen LogP contribution in [0.1, 0.15) is 16.1 Å². The maximum absolute atomic E-state index is 11.7. The molecule has 0 saturated heterocycles. The largest absolute Gasteiger partial charge is 0.446 e. The van der Waals surface area contributed by atoms with Crippen molar-refractivity contribution < 1.29 is 9.21 Å². The van der Waals surface area contributed by atoms with E-state index in [2.05, 4.69) is 31.9 Å². The lowest BCUT2D eigenvalue weighted by Gasteiger charge is -1.90. The molecule has 2 aromatic rings. The Morgan fingerprint density at radius 2 is 2.14 bits per heavy atom. The fourth-order valence-electron chi connectivity index (χ4n) is 1.01. The number of hydrogen-bond acceptors (Lipinski definition) is 3. The molecule has 0 aliphatic rings. The first-order valence-electron chi connectivity index (χ1n) is 3.71. The molecule has 0 aliphatic heterocycles. The number of carbonyl (C=O) groups excluding carboxylic acids is 1. The van der Waals surface area contributed by atoms with Crippen LogP contribution >= 0.6 is 43.2 Å². The highest BCUT2D eigenvalue weighted by molar-refractivity contribution is 9.11. The molecular formula is C9H4Br2O2S. The minimum atomic E-state index is -0.0994. The number of rotatable bonds is 2. The second-order valence-corrected chi connectivity index (χ2v) is 5.64. The summed E-state index contributed by atoms with van der Waals surface area (Å²) >= 11 is 7.93. The van der Waals surface area contributed by atoms with Crippen molar-refractivity contribution in [3.8, 4) is 0 Å². The van der Waals surface area contributed by atoms with Crippen LogP contribution in [0.15, 0.2) is 36.5 Å². The molecule has 0 aromatic carbocycles. The van der Waals surface area contributed by atoms with E-state index in [4.69, 9.17) is 4.42 Å². The van der Waals surface area contributed by atoms with Gasteiger partial charge in [0.2, 0.25) is 5.78 Å². The third-order valence-corrected chi connectivity index (χ3v) is 3.56. The van der Waals surface area contributed by atoms with Crippen LogP contribution in [-0.2, 0) is 0 Å². The van der Waals surface area contributed by atoms with Gasteiger partial charge in [0.25, 0.3) is 0 Å². The van der Waals surface area contributed by atoms with Crippen LogP contribution in [0.25, 0.3) is 0 Å². The molecule has 0 N–H and O–H groups in total. The molecule has 0 saturated carbocycles. The maximum atomic E-state index is 11.7. The van der Waals surface area contributed by atoms with Crippen molar-refractivity contribution in [2.45, 2.75) is 0 Å². The summed E-state index contributed by atoms with van der Waals surface area (Å²) in [7, 11) is 0. The molecule has 5 heteroatoms. The highest BCUT2D eigenvalue weighted by Crippen LogP contribution is 2.24. The Morgan fingerprint density at radius 1 is 1.36 bits per heavy atom. The van der Waals surface area contributed by atoms with E-state index in [-0.39, 0.29) is 5.78 Å². The lowest BCUT2D eigenvalue weighted by Crippen LogP contribution is -1.96. The summed E-state index contributed by atoms with van der Waals surface area (Å²) in [5.74, 6) is 0.250. The average molecular weight is 336 g/mol. The standard InChI is InChI=1S/C9H4Br2O2S/c10-7-2-1-6(13-7)9(12)5-3-8(11)14-4-5/h1-4H. The first-order valence-corrected chi connectivity index (χ1v) is 6.17. The monoisotopic (exact) mass is 334 g/mol. The maximum Gasteiger partial charge on any atom is 0.229 e. The van der Waals surface area contributed by atoms with Crippen LogP contribution in [0.2, 0.25) is 0 Å². The average Bonchev–Trinajstić information content (AvgIpc) is 2.73. The Bertz CT molecular complexity index is 430. The summed E-state index contributed by atoms with van der Waals surface area (Å²) in [5.41, 5.74) is 0.642. The predicted octanol–water partition coefficient (Wildman–Crippen LogP) is 4.10. The van der Waals surface area contributed by atoms with Crippen LogP contribution < -0.4 is 0 Å². The van der Waals surface area contributed by atoms with Gasteiger partial charge in [0, 0.05) is 10.9 Å². The summed E-state index contributed by atoms with van der Waals surface area (Å²) in [5, 5.41) is 1.79. The number of ketones is 1. The third-order valence-electron chi connectivity index (χ3n) is 1.63. The van der Waals surface area contributed by atoms with Crippen molar-refractivity contribution in [3.63, 3.8) is 0 Å². The molecule has 0 amide bonds. The Hall–Kier alpha value is -0.390. The van der Waals surface area contributed by atoms with E-state index >= 15 is 0 Å². The van der Waals surface area contributed by atoms with Crippen molar-refractivity contribution in [2.75, 3.05) is 0 Å². The zero-order valence-corrected chi connectivity index (χ0v) is 10.8. The van der Waals surface area contributed by atoms with E-state index in [1.165, 1.54) is 11.3 Å². The molecule has 2 rings (SSSR count). The highest BCUT2D eigenvalue weighted by Gasteiger charge is 2.14. The Morgan fingerprint density at radius 3 is 2.64 bits per heavy atom. The van der Waals surface area contributed by atoms with Crippen LogP contribution in [0.3, 0.4) is 0 Å². The summed E-state index contributed by atoms with van der Waals surface area (Å²) in [6.07, 6.45) is 0. The van der Waals surface area contributed by atoms with Gasteiger partial charge in [-0.25, -0.2) is 0 Å². The number of hydrogen-bond donors (Lipinski definition) is 0. The van der Waals surface area contributed by atoms with Crippen LogP contribution in [-0.4, -0.2) is 5.78 Å². The Kier molecular flexibility index (Phi) is 2.90. The van der Waals surface area contributed by atoms with Gasteiger partial charge in [-0.2, -0.15) is 0 Å². The molecule has 0 atom stereocenters. The second kappa shape index (κ2) is 4.00. The lowest BCUT2D eigenvalue weighted by atomic mass is 10.2. The fourth-order valence-corrected chi connectivity index (χ4v) is 2.45. The molecule has 2 heterocycles. The zero-order chi connectivity index (χ0) is 10.1. The number of carbonyl (C=O) groups is 1. The molecule has 0 bridgehead atoms. The van der Waals surface area contributed by atoms with Gasteiger partial charge in [-0.3, -0.25) is 4.79 Å². The van der Waals surface area contributed by atoms with Crippen LogP contribution in [0, 0.1) is 0 Å². The predicted molar refractivity (Wildman–Crippen MR) is 61.9 cm³/mol. The van der Waals surface area contributed by atoms with E-state index in [0.29, 0.717) is 16.0 Å². The molecular weight excluding hydrogens is 332 g/mol. The molecule has 0 fully saturated rings. The van der Waals surface area contributed by atoms with Crippen LogP contribution in [0.5, 0.6) is 0 Å². The van der Waals surface area contributed by atoms with E-state index in [1.54, 1.807) is 23.6 Å². The molecule has 0 aliphatic carbocycles. The van der Waals surface area contributed by atoms with Crippen molar-refractivity contribution in [1.82, 2.24) is 0 Å². The first-order chi connectivity index (χ1) is 6.66. The van der Waals surface area contributed by atoms with Crippen LogP contribution in [0.4, 0.5) is 0 Å². The Balaban J connectivity index is 2.33. The zero-order valence-electron chi connectivity index (χ0n) is 6.79. The summed E-state index contributed by atoms with van der Waals surface area (Å²) < 4.78 is 6.67. The molecule has 0 spiro atoms. The molecule has 2 nitrogen and oxygen atoms in total. The van der Waals surface area contributed by atoms with Crippen molar-refractivity contribution in [3.05, 3.63) is 43.4 Å². The summed E-state index contributed by atoms with van der Waals surface area (Å²) in [6.45, 7) is 0. The first kappa shape index (κ1) is 10.1. The normalized spacial score (nSPS) is 10.4. The summed E-state index contributed by atoms with van der Waals surface area (Å²) in [6, 6.07) is 5.13. The minimum Gasteiger partial charge on any atom is -0.446 e.